The first-order valence-electron chi connectivity index (χ1n) is 6.44. The third kappa shape index (κ3) is 3.64. The van der Waals surface area contributed by atoms with E-state index < -0.39 is 9.84 Å². The number of hydrogen-bond donors (Lipinski definition) is 0. The van der Waals surface area contributed by atoms with Crippen LogP contribution in [-0.2, 0) is 16.3 Å². The molecule has 1 aliphatic heterocycles. The molecule has 0 N–H and O–H groups in total. The fraction of sp³-hybridized carbons (Fsp3) is 0.615. The Balaban J connectivity index is 1.95. The lowest BCUT2D eigenvalue weighted by Crippen LogP contribution is -2.36. The van der Waals surface area contributed by atoms with Gasteiger partial charge < -0.3 is 0 Å². The number of hydrogen-bond acceptors (Lipinski definition) is 5. The number of nitrogens with zero attached hydrogens (tertiary/aromatic N) is 1. The minimum absolute atomic E-state index is 0.0143. The number of carbonyl (C=O) groups excluding carboxylic acids is 1. The summed E-state index contributed by atoms with van der Waals surface area (Å²) in [4.78, 5) is 16.0. The highest BCUT2D eigenvalue weighted by Gasteiger charge is 2.31. The highest BCUT2D eigenvalue weighted by Crippen LogP contribution is 2.20. The molecule has 4 nitrogen and oxygen atoms in total. The van der Waals surface area contributed by atoms with E-state index in [1.54, 1.807) is 0 Å². The molecule has 0 aliphatic carbocycles. The van der Waals surface area contributed by atoms with Crippen LogP contribution in [0.2, 0.25) is 0 Å². The van der Waals surface area contributed by atoms with Crippen molar-refractivity contribution in [3.8, 4) is 0 Å². The zero-order valence-electron chi connectivity index (χ0n) is 11.3. The third-order valence-corrected chi connectivity index (χ3v) is 6.53. The van der Waals surface area contributed by atoms with Gasteiger partial charge in [-0.2, -0.15) is 0 Å². The van der Waals surface area contributed by atoms with Crippen molar-refractivity contribution in [1.82, 2.24) is 4.90 Å². The second-order valence-electron chi connectivity index (χ2n) is 5.01. The van der Waals surface area contributed by atoms with Gasteiger partial charge in [0.25, 0.3) is 0 Å². The number of thiophene rings is 1. The van der Waals surface area contributed by atoms with Crippen molar-refractivity contribution in [2.45, 2.75) is 25.8 Å². The van der Waals surface area contributed by atoms with E-state index in [1.165, 1.54) is 16.2 Å². The maximum Gasteiger partial charge on any atom is 0.186 e. The zero-order chi connectivity index (χ0) is 14.0. The fourth-order valence-electron chi connectivity index (χ4n) is 2.27. The Bertz CT molecular complexity index is 562. The number of rotatable bonds is 5. The number of aryl methyl sites for hydroxylation is 1. The van der Waals surface area contributed by atoms with Crippen LogP contribution in [0.25, 0.3) is 0 Å². The SMILES string of the molecule is CCc1ccc(C(=O)CN(C)C2CCS(=O)(=O)C2)s1. The van der Waals surface area contributed by atoms with Gasteiger partial charge in [0.2, 0.25) is 0 Å². The van der Waals surface area contributed by atoms with Gasteiger partial charge in [-0.3, -0.25) is 9.69 Å². The Labute approximate surface area is 118 Å². The average molecular weight is 301 g/mol. The quantitative estimate of drug-likeness (QED) is 0.775. The molecular weight excluding hydrogens is 282 g/mol. The van der Waals surface area contributed by atoms with E-state index >= 15 is 0 Å². The van der Waals surface area contributed by atoms with Crippen molar-refractivity contribution in [2.75, 3.05) is 25.1 Å². The van der Waals surface area contributed by atoms with Gasteiger partial charge in [-0.05, 0) is 32.0 Å². The summed E-state index contributed by atoms with van der Waals surface area (Å²) in [5.41, 5.74) is 0. The molecule has 2 rings (SSSR count). The zero-order valence-corrected chi connectivity index (χ0v) is 12.9. The molecule has 1 saturated heterocycles. The van der Waals surface area contributed by atoms with Crippen LogP contribution in [0, 0.1) is 0 Å². The monoisotopic (exact) mass is 301 g/mol. The smallest absolute Gasteiger partial charge is 0.186 e. The number of ketones is 1. The predicted octanol–water partition coefficient (Wildman–Crippen LogP) is 1.61. The van der Waals surface area contributed by atoms with E-state index in [-0.39, 0.29) is 23.3 Å². The van der Waals surface area contributed by atoms with Gasteiger partial charge in [0.15, 0.2) is 15.6 Å². The van der Waals surface area contributed by atoms with Crippen LogP contribution in [0.15, 0.2) is 12.1 Å². The molecular formula is C13H19NO3S2. The van der Waals surface area contributed by atoms with Crippen LogP contribution >= 0.6 is 11.3 Å². The first kappa shape index (κ1) is 14.7. The minimum atomic E-state index is -2.89. The number of sulfone groups is 1. The van der Waals surface area contributed by atoms with E-state index in [4.69, 9.17) is 0 Å². The minimum Gasteiger partial charge on any atom is -0.295 e. The largest absolute Gasteiger partial charge is 0.295 e. The van der Waals surface area contributed by atoms with Gasteiger partial charge in [0, 0.05) is 10.9 Å². The molecule has 1 atom stereocenters. The van der Waals surface area contributed by atoms with Crippen LogP contribution < -0.4 is 0 Å². The van der Waals surface area contributed by atoms with E-state index in [0.717, 1.165) is 11.3 Å². The Morgan fingerprint density at radius 1 is 1.47 bits per heavy atom. The van der Waals surface area contributed by atoms with Crippen LogP contribution in [0.3, 0.4) is 0 Å². The summed E-state index contributed by atoms with van der Waals surface area (Å²) >= 11 is 1.53. The molecule has 1 aromatic heterocycles. The number of carbonyl (C=O) groups is 1. The lowest BCUT2D eigenvalue weighted by molar-refractivity contribution is 0.0930. The summed E-state index contributed by atoms with van der Waals surface area (Å²) in [6, 6.07) is 3.84. The maximum absolute atomic E-state index is 12.1. The predicted molar refractivity (Wildman–Crippen MR) is 77.7 cm³/mol. The molecule has 1 fully saturated rings. The lowest BCUT2D eigenvalue weighted by atomic mass is 10.2. The summed E-state index contributed by atoms with van der Waals surface area (Å²) < 4.78 is 22.9. The molecule has 0 radical (unpaired) electrons. The summed E-state index contributed by atoms with van der Waals surface area (Å²) in [6.07, 6.45) is 1.57. The molecule has 2 heterocycles. The molecule has 19 heavy (non-hydrogen) atoms. The summed E-state index contributed by atoms with van der Waals surface area (Å²) in [7, 11) is -1.06. The van der Waals surface area contributed by atoms with Crippen molar-refractivity contribution >= 4 is 27.0 Å². The molecule has 0 aromatic carbocycles. The topological polar surface area (TPSA) is 54.5 Å². The van der Waals surface area contributed by atoms with E-state index in [9.17, 15) is 13.2 Å². The van der Waals surface area contributed by atoms with Crippen molar-refractivity contribution in [3.63, 3.8) is 0 Å². The molecule has 1 unspecified atom stereocenters. The van der Waals surface area contributed by atoms with Crippen LogP contribution in [0.1, 0.15) is 27.9 Å². The van der Waals surface area contributed by atoms with Crippen molar-refractivity contribution in [3.05, 3.63) is 21.9 Å². The van der Waals surface area contributed by atoms with Gasteiger partial charge in [-0.25, -0.2) is 8.42 Å². The summed E-state index contributed by atoms with van der Waals surface area (Å²) in [5.74, 6) is 0.507. The standard InChI is InChI=1S/C13H19NO3S2/c1-3-11-4-5-13(18-11)12(15)8-14(2)10-6-7-19(16,17)9-10/h4-5,10H,3,6-9H2,1-2H3. The first-order valence-corrected chi connectivity index (χ1v) is 9.07. The van der Waals surface area contributed by atoms with Crippen LogP contribution in [0.4, 0.5) is 0 Å². The molecule has 0 bridgehead atoms. The average Bonchev–Trinajstić information content (AvgIpc) is 2.95. The molecule has 106 valence electrons. The van der Waals surface area contributed by atoms with E-state index in [2.05, 4.69) is 6.92 Å². The Hall–Kier alpha value is -0.720. The normalized spacial score (nSPS) is 21.9. The van der Waals surface area contributed by atoms with Gasteiger partial charge >= 0.3 is 0 Å². The fourth-order valence-corrected chi connectivity index (χ4v) is 4.96. The third-order valence-electron chi connectivity index (χ3n) is 3.51. The summed E-state index contributed by atoms with van der Waals surface area (Å²) in [5, 5.41) is 0. The van der Waals surface area contributed by atoms with E-state index in [1.807, 2.05) is 24.1 Å². The van der Waals surface area contributed by atoms with Crippen LogP contribution in [0.5, 0.6) is 0 Å². The van der Waals surface area contributed by atoms with Gasteiger partial charge in [-0.15, -0.1) is 11.3 Å². The number of likely N-dealkylation sites (N-methyl/N-ethyl adjacent to an activating group) is 1. The molecule has 0 spiro atoms. The summed E-state index contributed by atoms with van der Waals surface area (Å²) in [6.45, 7) is 2.36. The van der Waals surface area contributed by atoms with Gasteiger partial charge in [-0.1, -0.05) is 6.92 Å². The molecule has 1 aromatic rings. The highest BCUT2D eigenvalue weighted by molar-refractivity contribution is 7.91. The van der Waals surface area contributed by atoms with Gasteiger partial charge in [0.1, 0.15) is 0 Å². The molecule has 0 amide bonds. The van der Waals surface area contributed by atoms with Gasteiger partial charge in [0.05, 0.1) is 22.9 Å². The molecule has 1 aliphatic rings. The highest BCUT2D eigenvalue weighted by atomic mass is 32.2. The van der Waals surface area contributed by atoms with Crippen molar-refractivity contribution < 1.29 is 13.2 Å². The maximum atomic E-state index is 12.1. The molecule has 0 saturated carbocycles. The van der Waals surface area contributed by atoms with Crippen molar-refractivity contribution in [1.29, 1.82) is 0 Å². The lowest BCUT2D eigenvalue weighted by Gasteiger charge is -2.21. The van der Waals surface area contributed by atoms with Crippen LogP contribution in [-0.4, -0.2) is 50.2 Å². The second kappa shape index (κ2) is 5.73. The Kier molecular flexibility index (Phi) is 4.43. The number of Topliss-reactive ketones (excluding diaryl/α,β-unsaturated/α-hetero) is 1. The molecule has 6 heteroatoms. The first-order chi connectivity index (χ1) is 8.91. The van der Waals surface area contributed by atoms with E-state index in [0.29, 0.717) is 13.0 Å². The van der Waals surface area contributed by atoms with Crippen molar-refractivity contribution in [2.24, 2.45) is 0 Å². The Morgan fingerprint density at radius 3 is 2.74 bits per heavy atom. The Morgan fingerprint density at radius 2 is 2.21 bits per heavy atom. The second-order valence-corrected chi connectivity index (χ2v) is 8.41.